The van der Waals surface area contributed by atoms with Gasteiger partial charge in [0.1, 0.15) is 6.10 Å². The van der Waals surface area contributed by atoms with Crippen LogP contribution in [0.25, 0.3) is 0 Å². The highest BCUT2D eigenvalue weighted by Crippen LogP contribution is 2.20. The molecular formula is C13H30O5Si. The van der Waals surface area contributed by atoms with Crippen molar-refractivity contribution in [2.24, 2.45) is 0 Å². The van der Waals surface area contributed by atoms with Gasteiger partial charge in [-0.25, -0.2) is 0 Å². The van der Waals surface area contributed by atoms with Gasteiger partial charge in [-0.15, -0.1) is 0 Å². The van der Waals surface area contributed by atoms with E-state index in [4.69, 9.17) is 23.8 Å². The van der Waals surface area contributed by atoms with Crippen LogP contribution in [0.2, 0.25) is 12.6 Å². The van der Waals surface area contributed by atoms with Crippen LogP contribution in [0.1, 0.15) is 34.1 Å². The van der Waals surface area contributed by atoms with Gasteiger partial charge in [0, 0.05) is 18.8 Å². The molecule has 0 aromatic rings. The second kappa shape index (κ2) is 9.85. The second-order valence-corrected chi connectivity index (χ2v) is 8.72. The fourth-order valence-corrected chi connectivity index (χ4v) is 4.98. The van der Waals surface area contributed by atoms with Gasteiger partial charge in [0.25, 0.3) is 0 Å². The van der Waals surface area contributed by atoms with Crippen LogP contribution in [-0.4, -0.2) is 56.9 Å². The minimum Gasteiger partial charge on any atom is -0.394 e. The maximum Gasteiger partial charge on any atom is 0.335 e. The fraction of sp³-hybridized carbons (Fsp3) is 1.00. The quantitative estimate of drug-likeness (QED) is 0.448. The summed E-state index contributed by atoms with van der Waals surface area (Å²) in [5.74, 6) is 0. The molecular weight excluding hydrogens is 264 g/mol. The second-order valence-electron chi connectivity index (χ2n) is 5.48. The van der Waals surface area contributed by atoms with Gasteiger partial charge in [0.05, 0.1) is 13.2 Å². The van der Waals surface area contributed by atoms with Crippen LogP contribution in [0, 0.1) is 0 Å². The lowest BCUT2D eigenvalue weighted by molar-refractivity contribution is 0.00569. The molecule has 0 aromatic carbocycles. The lowest BCUT2D eigenvalue weighted by atomic mass is 10.4. The van der Waals surface area contributed by atoms with Crippen molar-refractivity contribution in [1.82, 2.24) is 0 Å². The first-order chi connectivity index (χ1) is 8.79. The summed E-state index contributed by atoms with van der Waals surface area (Å²) in [7, 11) is -2.15. The molecule has 0 aliphatic carbocycles. The van der Waals surface area contributed by atoms with E-state index in [1.807, 2.05) is 27.7 Å². The van der Waals surface area contributed by atoms with Gasteiger partial charge in [-0.2, -0.15) is 0 Å². The van der Waals surface area contributed by atoms with E-state index in [0.717, 1.165) is 12.5 Å². The molecule has 0 bridgehead atoms. The molecule has 0 amide bonds. The molecule has 0 aliphatic heterocycles. The summed E-state index contributed by atoms with van der Waals surface area (Å²) >= 11 is 0. The Morgan fingerprint density at radius 2 is 1.58 bits per heavy atom. The van der Waals surface area contributed by atoms with Crippen molar-refractivity contribution >= 4 is 8.56 Å². The minimum atomic E-state index is -2.15. The number of rotatable bonds is 11. The van der Waals surface area contributed by atoms with Gasteiger partial charge >= 0.3 is 8.56 Å². The zero-order valence-electron chi connectivity index (χ0n) is 12.9. The van der Waals surface area contributed by atoms with Crippen LogP contribution in [-0.2, 0) is 13.6 Å². The van der Waals surface area contributed by atoms with Gasteiger partial charge < -0.3 is 23.8 Å². The smallest absolute Gasteiger partial charge is 0.335 e. The van der Waals surface area contributed by atoms with Crippen LogP contribution in [0.5, 0.6) is 0 Å². The van der Waals surface area contributed by atoms with E-state index < -0.39 is 14.7 Å². The van der Waals surface area contributed by atoms with E-state index in [0.29, 0.717) is 6.61 Å². The molecule has 0 fully saturated rings. The molecule has 0 saturated carbocycles. The predicted octanol–water partition coefficient (Wildman–Crippen LogP) is 1.67. The molecule has 0 spiro atoms. The highest BCUT2D eigenvalue weighted by Gasteiger charge is 2.33. The topological polar surface area (TPSA) is 68.2 Å². The van der Waals surface area contributed by atoms with Crippen molar-refractivity contribution in [1.29, 1.82) is 0 Å². The Balaban J connectivity index is 3.99. The molecule has 5 nitrogen and oxygen atoms in total. The Labute approximate surface area is 118 Å². The highest BCUT2D eigenvalue weighted by molar-refractivity contribution is 6.66. The van der Waals surface area contributed by atoms with E-state index in [2.05, 4.69) is 6.55 Å². The SMILES string of the molecule is CC(C)O[Si](C)(CCCOCC(O)CO)OC(C)C. The molecule has 0 rings (SSSR count). The van der Waals surface area contributed by atoms with E-state index in [-0.39, 0.29) is 25.4 Å². The number of aliphatic hydroxyl groups is 2. The van der Waals surface area contributed by atoms with Crippen LogP contribution in [0.3, 0.4) is 0 Å². The summed E-state index contributed by atoms with van der Waals surface area (Å²) in [6.45, 7) is 10.6. The van der Waals surface area contributed by atoms with E-state index in [1.54, 1.807) is 0 Å². The molecule has 2 N–H and O–H groups in total. The van der Waals surface area contributed by atoms with Crippen LogP contribution in [0.4, 0.5) is 0 Å². The average Bonchev–Trinajstić information content (AvgIpc) is 2.25. The maximum atomic E-state index is 9.14. The molecule has 0 heterocycles. The molecule has 0 aliphatic rings. The largest absolute Gasteiger partial charge is 0.394 e. The van der Waals surface area contributed by atoms with Crippen LogP contribution >= 0.6 is 0 Å². The van der Waals surface area contributed by atoms with Gasteiger partial charge in [0.2, 0.25) is 0 Å². The van der Waals surface area contributed by atoms with Gasteiger partial charge in [-0.3, -0.25) is 0 Å². The Kier molecular flexibility index (Phi) is 9.86. The third kappa shape index (κ3) is 10.5. The summed E-state index contributed by atoms with van der Waals surface area (Å²) in [6.07, 6.45) is 0.364. The van der Waals surface area contributed by atoms with E-state index in [9.17, 15) is 0 Å². The van der Waals surface area contributed by atoms with Gasteiger partial charge in [-0.05, 0) is 46.7 Å². The molecule has 6 heteroatoms. The monoisotopic (exact) mass is 294 g/mol. The van der Waals surface area contributed by atoms with Crippen molar-refractivity contribution < 1.29 is 23.8 Å². The number of hydrogen-bond donors (Lipinski definition) is 2. The molecule has 1 atom stereocenters. The van der Waals surface area contributed by atoms with Crippen molar-refractivity contribution in [3.63, 3.8) is 0 Å². The standard InChI is InChI=1S/C13H30O5Si/c1-11(2)17-19(5,18-12(3)4)8-6-7-16-10-13(15)9-14/h11-15H,6-10H2,1-5H3. The Morgan fingerprint density at radius 3 is 2.00 bits per heavy atom. The average molecular weight is 294 g/mol. The lowest BCUT2D eigenvalue weighted by Crippen LogP contribution is -2.43. The van der Waals surface area contributed by atoms with Crippen molar-refractivity contribution in [3.05, 3.63) is 0 Å². The number of ether oxygens (including phenoxy) is 1. The highest BCUT2D eigenvalue weighted by atomic mass is 28.4. The minimum absolute atomic E-state index is 0.160. The molecule has 1 unspecified atom stereocenters. The number of aliphatic hydroxyl groups excluding tert-OH is 2. The third-order valence-corrected chi connectivity index (χ3v) is 5.61. The molecule has 0 saturated heterocycles. The van der Waals surface area contributed by atoms with Crippen LogP contribution in [0.15, 0.2) is 0 Å². The summed E-state index contributed by atoms with van der Waals surface area (Å²) in [6, 6.07) is 0.860. The maximum absolute atomic E-state index is 9.14. The van der Waals surface area contributed by atoms with E-state index in [1.165, 1.54) is 0 Å². The molecule has 19 heavy (non-hydrogen) atoms. The molecule has 0 aromatic heterocycles. The van der Waals surface area contributed by atoms with Gasteiger partial charge in [-0.1, -0.05) is 0 Å². The van der Waals surface area contributed by atoms with E-state index >= 15 is 0 Å². The Bertz CT molecular complexity index is 213. The Morgan fingerprint density at radius 1 is 1.05 bits per heavy atom. The summed E-state index contributed by atoms with van der Waals surface area (Å²) in [4.78, 5) is 0. The van der Waals surface area contributed by atoms with Gasteiger partial charge in [0.15, 0.2) is 0 Å². The van der Waals surface area contributed by atoms with Crippen molar-refractivity contribution in [2.75, 3.05) is 19.8 Å². The summed E-state index contributed by atoms with van der Waals surface area (Å²) in [5.41, 5.74) is 0. The fourth-order valence-electron chi connectivity index (χ4n) is 1.91. The molecule has 0 radical (unpaired) electrons. The first-order valence-corrected chi connectivity index (χ1v) is 9.53. The number of hydrogen-bond acceptors (Lipinski definition) is 5. The third-order valence-electron chi connectivity index (χ3n) is 2.41. The predicted molar refractivity (Wildman–Crippen MR) is 77.4 cm³/mol. The first kappa shape index (κ1) is 19.0. The summed E-state index contributed by atoms with van der Waals surface area (Å²) in [5, 5.41) is 17.8. The molecule has 116 valence electrons. The Hall–Kier alpha value is 0.0169. The zero-order valence-corrected chi connectivity index (χ0v) is 13.9. The normalized spacial score (nSPS) is 14.4. The lowest BCUT2D eigenvalue weighted by Gasteiger charge is -2.31. The summed E-state index contributed by atoms with van der Waals surface area (Å²) < 4.78 is 17.2. The first-order valence-electron chi connectivity index (χ1n) is 7.01. The van der Waals surface area contributed by atoms with Crippen LogP contribution < -0.4 is 0 Å². The van der Waals surface area contributed by atoms with Crippen molar-refractivity contribution in [2.45, 2.75) is 65.0 Å². The zero-order chi connectivity index (χ0) is 14.9. The van der Waals surface area contributed by atoms with Crippen molar-refractivity contribution in [3.8, 4) is 0 Å².